The summed E-state index contributed by atoms with van der Waals surface area (Å²) in [5.41, 5.74) is 2.51. The number of carbonyl (C=O) groups is 2. The Kier molecular flexibility index (Phi) is 6.44. The van der Waals surface area contributed by atoms with E-state index in [0.29, 0.717) is 34.5 Å². The average molecular weight is 420 g/mol. The number of ether oxygens (including phenoxy) is 1. The Morgan fingerprint density at radius 1 is 0.968 bits per heavy atom. The van der Waals surface area contributed by atoms with Crippen molar-refractivity contribution in [1.82, 2.24) is 20.3 Å². The summed E-state index contributed by atoms with van der Waals surface area (Å²) in [4.78, 5) is 38.2. The summed E-state index contributed by atoms with van der Waals surface area (Å²) in [7, 11) is 3.02. The van der Waals surface area contributed by atoms with Crippen molar-refractivity contribution in [2.24, 2.45) is 0 Å². The molecule has 31 heavy (non-hydrogen) atoms. The van der Waals surface area contributed by atoms with E-state index in [9.17, 15) is 9.59 Å². The molecule has 0 radical (unpaired) electrons. The number of pyridine rings is 1. The second-order valence-electron chi connectivity index (χ2n) is 6.87. The van der Waals surface area contributed by atoms with Crippen LogP contribution in [0.3, 0.4) is 0 Å². The van der Waals surface area contributed by atoms with Crippen LogP contribution in [0, 0.1) is 20.8 Å². The van der Waals surface area contributed by atoms with Gasteiger partial charge >= 0.3 is 0 Å². The average Bonchev–Trinajstić information content (AvgIpc) is 2.72. The number of anilines is 3. The number of methoxy groups -OCH3 is 1. The third kappa shape index (κ3) is 4.95. The Morgan fingerprint density at radius 2 is 1.74 bits per heavy atom. The molecule has 0 fully saturated rings. The quantitative estimate of drug-likeness (QED) is 0.560. The fourth-order valence-corrected chi connectivity index (χ4v) is 3.15. The highest BCUT2D eigenvalue weighted by atomic mass is 16.5. The van der Waals surface area contributed by atoms with Gasteiger partial charge in [0.25, 0.3) is 11.8 Å². The molecule has 0 aliphatic rings. The number of nitrogens with zero attached hydrogens (tertiary/aromatic N) is 3. The number of hydrogen-bond acceptors (Lipinski definition) is 7. The van der Waals surface area contributed by atoms with E-state index in [1.165, 1.54) is 20.4 Å². The van der Waals surface area contributed by atoms with E-state index in [-0.39, 0.29) is 11.5 Å². The lowest BCUT2D eigenvalue weighted by Gasteiger charge is -2.15. The van der Waals surface area contributed by atoms with Crippen LogP contribution >= 0.6 is 0 Å². The summed E-state index contributed by atoms with van der Waals surface area (Å²) >= 11 is 0. The third-order valence-electron chi connectivity index (χ3n) is 4.51. The highest BCUT2D eigenvalue weighted by Gasteiger charge is 2.19. The monoisotopic (exact) mass is 420 g/mol. The fourth-order valence-electron chi connectivity index (χ4n) is 3.15. The van der Waals surface area contributed by atoms with Crippen LogP contribution in [0.4, 0.5) is 17.3 Å². The Hall–Kier alpha value is -4.01. The molecule has 0 atom stereocenters. The van der Waals surface area contributed by atoms with Gasteiger partial charge in [0.05, 0.1) is 23.9 Å². The predicted octanol–water partition coefficient (Wildman–Crippen LogP) is 3.16. The minimum Gasteiger partial charge on any atom is -0.496 e. The molecule has 0 spiro atoms. The molecule has 9 nitrogen and oxygen atoms in total. The summed E-state index contributed by atoms with van der Waals surface area (Å²) < 4.78 is 5.38. The van der Waals surface area contributed by atoms with E-state index < -0.39 is 5.91 Å². The number of para-hydroxylation sites is 1. The lowest BCUT2D eigenvalue weighted by atomic mass is 10.1. The molecule has 3 N–H and O–H groups in total. The van der Waals surface area contributed by atoms with E-state index in [2.05, 4.69) is 30.9 Å². The number of benzene rings is 1. The Morgan fingerprint density at radius 3 is 2.42 bits per heavy atom. The third-order valence-corrected chi connectivity index (χ3v) is 4.51. The molecular formula is C22H24N6O3. The molecule has 0 aliphatic carbocycles. The van der Waals surface area contributed by atoms with Gasteiger partial charge in [-0.15, -0.1) is 0 Å². The lowest BCUT2D eigenvalue weighted by Crippen LogP contribution is -2.22. The van der Waals surface area contributed by atoms with Crippen LogP contribution in [0.2, 0.25) is 0 Å². The minimum absolute atomic E-state index is 0.225. The summed E-state index contributed by atoms with van der Waals surface area (Å²) in [5.74, 6) is 1.28. The van der Waals surface area contributed by atoms with Crippen LogP contribution in [0.25, 0.3) is 0 Å². The fraction of sp³-hybridized carbons (Fsp3) is 0.227. The van der Waals surface area contributed by atoms with Gasteiger partial charge in [-0.1, -0.05) is 12.1 Å². The van der Waals surface area contributed by atoms with Crippen molar-refractivity contribution < 1.29 is 14.3 Å². The molecule has 0 unspecified atom stereocenters. The van der Waals surface area contributed by atoms with Gasteiger partial charge in [-0.3, -0.25) is 9.59 Å². The summed E-state index contributed by atoms with van der Waals surface area (Å²) in [5, 5.41) is 8.44. The molecule has 2 amide bonds. The zero-order valence-electron chi connectivity index (χ0n) is 18.0. The largest absolute Gasteiger partial charge is 0.496 e. The molecule has 3 aromatic rings. The van der Waals surface area contributed by atoms with Gasteiger partial charge < -0.3 is 20.7 Å². The number of carbonyl (C=O) groups excluding carboxylic acids is 2. The number of nitrogens with one attached hydrogen (secondary N) is 3. The Balaban J connectivity index is 1.97. The van der Waals surface area contributed by atoms with E-state index >= 15 is 0 Å². The number of aromatic nitrogens is 3. The van der Waals surface area contributed by atoms with E-state index in [4.69, 9.17) is 4.74 Å². The van der Waals surface area contributed by atoms with Gasteiger partial charge in [0.2, 0.25) is 0 Å². The molecular weight excluding hydrogens is 396 g/mol. The van der Waals surface area contributed by atoms with Crippen molar-refractivity contribution in [3.05, 3.63) is 64.7 Å². The number of hydrogen-bond donors (Lipinski definition) is 3. The Labute approximate surface area is 180 Å². The van der Waals surface area contributed by atoms with Gasteiger partial charge in [-0.2, -0.15) is 0 Å². The maximum Gasteiger partial charge on any atom is 0.259 e. The maximum absolute atomic E-state index is 13.0. The van der Waals surface area contributed by atoms with E-state index in [1.54, 1.807) is 31.2 Å². The molecule has 0 saturated carbocycles. The molecule has 2 aromatic heterocycles. The molecule has 0 saturated heterocycles. The van der Waals surface area contributed by atoms with Gasteiger partial charge in [-0.25, -0.2) is 15.0 Å². The Bertz CT molecular complexity index is 1130. The first kappa shape index (κ1) is 21.7. The molecule has 2 heterocycles. The van der Waals surface area contributed by atoms with Crippen molar-refractivity contribution in [2.75, 3.05) is 24.8 Å². The standard InChI is InChI=1S/C22H24N6O3/c1-12-7-6-8-15(20(12)31-5)22(30)27-17-10-18(24-11-16(17)21(29)23-4)28-19-9-13(2)25-14(3)26-19/h6-11H,1-5H3,(H,23,29)(H2,24,25,26,27,28,30). The van der Waals surface area contributed by atoms with Crippen LogP contribution < -0.4 is 20.7 Å². The SMILES string of the molecule is CNC(=O)c1cnc(Nc2cc(C)nc(C)n2)cc1NC(=O)c1cccc(C)c1OC. The molecule has 3 rings (SSSR count). The predicted molar refractivity (Wildman–Crippen MR) is 118 cm³/mol. The molecule has 0 bridgehead atoms. The number of aryl methyl sites for hydroxylation is 3. The van der Waals surface area contributed by atoms with Crippen LogP contribution in [0.1, 0.15) is 37.8 Å². The second-order valence-corrected chi connectivity index (χ2v) is 6.87. The maximum atomic E-state index is 13.0. The first-order valence-electron chi connectivity index (χ1n) is 9.58. The highest BCUT2D eigenvalue weighted by Crippen LogP contribution is 2.26. The smallest absolute Gasteiger partial charge is 0.259 e. The lowest BCUT2D eigenvalue weighted by molar-refractivity contribution is 0.0963. The van der Waals surface area contributed by atoms with Crippen LogP contribution in [0.15, 0.2) is 36.5 Å². The van der Waals surface area contributed by atoms with Crippen LogP contribution in [0.5, 0.6) is 5.75 Å². The summed E-state index contributed by atoms with van der Waals surface area (Å²) in [6.45, 7) is 5.51. The zero-order valence-corrected chi connectivity index (χ0v) is 18.0. The first-order chi connectivity index (χ1) is 14.8. The molecule has 1 aromatic carbocycles. The number of amides is 2. The normalized spacial score (nSPS) is 10.4. The zero-order chi connectivity index (χ0) is 22.5. The minimum atomic E-state index is -0.406. The summed E-state index contributed by atoms with van der Waals surface area (Å²) in [6.07, 6.45) is 1.39. The first-order valence-corrected chi connectivity index (χ1v) is 9.58. The number of rotatable bonds is 6. The molecule has 9 heteroatoms. The van der Waals surface area contributed by atoms with Gasteiger partial charge in [0.1, 0.15) is 23.2 Å². The van der Waals surface area contributed by atoms with Crippen LogP contribution in [-0.4, -0.2) is 40.9 Å². The summed E-state index contributed by atoms with van der Waals surface area (Å²) in [6, 6.07) is 8.64. The van der Waals surface area contributed by atoms with Gasteiger partial charge in [-0.05, 0) is 32.4 Å². The highest BCUT2D eigenvalue weighted by molar-refractivity contribution is 6.10. The topological polar surface area (TPSA) is 118 Å². The van der Waals surface area contributed by atoms with E-state index in [0.717, 1.165) is 11.3 Å². The van der Waals surface area contributed by atoms with E-state index in [1.807, 2.05) is 19.9 Å². The van der Waals surface area contributed by atoms with Gasteiger partial charge in [0, 0.05) is 31.1 Å². The van der Waals surface area contributed by atoms with Gasteiger partial charge in [0.15, 0.2) is 0 Å². The van der Waals surface area contributed by atoms with Crippen molar-refractivity contribution in [2.45, 2.75) is 20.8 Å². The second kappa shape index (κ2) is 9.21. The van der Waals surface area contributed by atoms with Crippen LogP contribution in [-0.2, 0) is 0 Å². The van der Waals surface area contributed by atoms with Crippen molar-refractivity contribution in [1.29, 1.82) is 0 Å². The van der Waals surface area contributed by atoms with Crippen molar-refractivity contribution in [3.8, 4) is 5.75 Å². The molecule has 160 valence electrons. The molecule has 0 aliphatic heterocycles. The van der Waals surface area contributed by atoms with Crippen molar-refractivity contribution >= 4 is 29.1 Å². The van der Waals surface area contributed by atoms with Crippen molar-refractivity contribution in [3.63, 3.8) is 0 Å².